The van der Waals surface area contributed by atoms with Crippen molar-refractivity contribution in [2.45, 2.75) is 38.1 Å². The van der Waals surface area contributed by atoms with Crippen LogP contribution >= 0.6 is 0 Å². The minimum absolute atomic E-state index is 0.471. The van der Waals surface area contributed by atoms with E-state index in [1.165, 1.54) is 37.7 Å². The summed E-state index contributed by atoms with van der Waals surface area (Å²) in [6, 6.07) is 11.2. The van der Waals surface area contributed by atoms with Crippen LogP contribution in [-0.2, 0) is 6.42 Å². The summed E-state index contributed by atoms with van der Waals surface area (Å²) in [6.07, 6.45) is 6.37. The second-order valence-corrected chi connectivity index (χ2v) is 4.38. The molecule has 0 aliphatic heterocycles. The van der Waals surface area contributed by atoms with E-state index in [4.69, 9.17) is 5.73 Å². The zero-order valence-corrected chi connectivity index (χ0v) is 8.65. The molecule has 1 aliphatic rings. The molecule has 0 saturated heterocycles. The first-order valence-corrected chi connectivity index (χ1v) is 5.66. The van der Waals surface area contributed by atoms with Gasteiger partial charge in [-0.1, -0.05) is 36.8 Å². The lowest BCUT2D eigenvalue weighted by molar-refractivity contribution is 0.447. The average molecular weight is 189 g/mol. The standard InChI is InChI=1S/C13H19N/c14-13-8-4-7-12(13)10-9-11-5-2-1-3-6-11/h1-3,5-6,12-13H,4,7-10,14H2/t12-,13-/m0/s1. The van der Waals surface area contributed by atoms with E-state index >= 15 is 0 Å². The van der Waals surface area contributed by atoms with Gasteiger partial charge in [-0.15, -0.1) is 0 Å². The minimum atomic E-state index is 0.471. The summed E-state index contributed by atoms with van der Waals surface area (Å²) in [5.41, 5.74) is 7.49. The van der Waals surface area contributed by atoms with Gasteiger partial charge in [-0.3, -0.25) is 0 Å². The molecule has 0 aromatic heterocycles. The van der Waals surface area contributed by atoms with Crippen LogP contribution in [0.25, 0.3) is 0 Å². The summed E-state index contributed by atoms with van der Waals surface area (Å²) in [7, 11) is 0. The molecule has 0 spiro atoms. The van der Waals surface area contributed by atoms with Gasteiger partial charge in [0.1, 0.15) is 0 Å². The zero-order valence-electron chi connectivity index (χ0n) is 8.65. The Morgan fingerprint density at radius 2 is 1.93 bits per heavy atom. The number of benzene rings is 1. The van der Waals surface area contributed by atoms with Gasteiger partial charge in [-0.25, -0.2) is 0 Å². The van der Waals surface area contributed by atoms with Crippen LogP contribution in [0.1, 0.15) is 31.2 Å². The Bertz CT molecular complexity index is 268. The highest BCUT2D eigenvalue weighted by Gasteiger charge is 2.22. The molecule has 1 heteroatoms. The quantitative estimate of drug-likeness (QED) is 0.777. The average Bonchev–Trinajstić information content (AvgIpc) is 2.63. The largest absolute Gasteiger partial charge is 0.327 e. The predicted molar refractivity (Wildman–Crippen MR) is 60.1 cm³/mol. The van der Waals surface area contributed by atoms with Gasteiger partial charge in [0.25, 0.3) is 0 Å². The highest BCUT2D eigenvalue weighted by molar-refractivity contribution is 5.14. The lowest BCUT2D eigenvalue weighted by Crippen LogP contribution is -2.24. The second-order valence-electron chi connectivity index (χ2n) is 4.38. The Morgan fingerprint density at radius 1 is 1.14 bits per heavy atom. The fourth-order valence-corrected chi connectivity index (χ4v) is 2.42. The van der Waals surface area contributed by atoms with Gasteiger partial charge in [0.2, 0.25) is 0 Å². The lowest BCUT2D eigenvalue weighted by Gasteiger charge is -2.14. The van der Waals surface area contributed by atoms with Crippen molar-refractivity contribution in [1.82, 2.24) is 0 Å². The molecule has 2 N–H and O–H groups in total. The third-order valence-electron chi connectivity index (χ3n) is 3.36. The van der Waals surface area contributed by atoms with Crippen molar-refractivity contribution in [3.63, 3.8) is 0 Å². The molecule has 76 valence electrons. The molecular weight excluding hydrogens is 170 g/mol. The number of nitrogens with two attached hydrogens (primary N) is 1. The molecule has 14 heavy (non-hydrogen) atoms. The number of hydrogen-bond acceptors (Lipinski definition) is 1. The first-order chi connectivity index (χ1) is 6.86. The maximum atomic E-state index is 6.04. The molecule has 1 nitrogen and oxygen atoms in total. The molecule has 1 aliphatic carbocycles. The first-order valence-electron chi connectivity index (χ1n) is 5.66. The lowest BCUT2D eigenvalue weighted by atomic mass is 9.95. The molecule has 0 heterocycles. The molecule has 1 aromatic carbocycles. The van der Waals surface area contributed by atoms with E-state index in [1.807, 2.05) is 0 Å². The van der Waals surface area contributed by atoms with Gasteiger partial charge in [0.05, 0.1) is 0 Å². The van der Waals surface area contributed by atoms with E-state index in [1.54, 1.807) is 0 Å². The first kappa shape index (κ1) is 9.72. The highest BCUT2D eigenvalue weighted by atomic mass is 14.7. The highest BCUT2D eigenvalue weighted by Crippen LogP contribution is 2.27. The second kappa shape index (κ2) is 4.61. The third-order valence-corrected chi connectivity index (χ3v) is 3.36. The van der Waals surface area contributed by atoms with Crippen LogP contribution in [-0.4, -0.2) is 6.04 Å². The summed E-state index contributed by atoms with van der Waals surface area (Å²) in [6.45, 7) is 0. The van der Waals surface area contributed by atoms with Crippen LogP contribution in [0.4, 0.5) is 0 Å². The van der Waals surface area contributed by atoms with Crippen molar-refractivity contribution in [3.05, 3.63) is 35.9 Å². The normalized spacial score (nSPS) is 26.6. The third kappa shape index (κ3) is 2.36. The molecule has 2 atom stereocenters. The molecule has 1 fully saturated rings. The molecule has 2 rings (SSSR count). The van der Waals surface area contributed by atoms with Crippen molar-refractivity contribution < 1.29 is 0 Å². The summed E-state index contributed by atoms with van der Waals surface area (Å²) in [5.74, 6) is 0.773. The van der Waals surface area contributed by atoms with Crippen LogP contribution in [0.5, 0.6) is 0 Å². The van der Waals surface area contributed by atoms with Gasteiger partial charge in [0, 0.05) is 6.04 Å². The van der Waals surface area contributed by atoms with Crippen LogP contribution in [0, 0.1) is 5.92 Å². The predicted octanol–water partition coefficient (Wildman–Crippen LogP) is 2.75. The van der Waals surface area contributed by atoms with Crippen molar-refractivity contribution in [2.75, 3.05) is 0 Å². The Kier molecular flexibility index (Phi) is 3.20. The van der Waals surface area contributed by atoms with E-state index in [0.29, 0.717) is 6.04 Å². The Hall–Kier alpha value is -0.820. The maximum absolute atomic E-state index is 6.04. The molecular formula is C13H19N. The van der Waals surface area contributed by atoms with Crippen molar-refractivity contribution >= 4 is 0 Å². The minimum Gasteiger partial charge on any atom is -0.327 e. The van der Waals surface area contributed by atoms with E-state index < -0.39 is 0 Å². The monoisotopic (exact) mass is 189 g/mol. The fourth-order valence-electron chi connectivity index (χ4n) is 2.42. The Balaban J connectivity index is 1.82. The molecule has 0 radical (unpaired) electrons. The van der Waals surface area contributed by atoms with Gasteiger partial charge in [0.15, 0.2) is 0 Å². The summed E-state index contributed by atoms with van der Waals surface area (Å²) in [4.78, 5) is 0. The van der Waals surface area contributed by atoms with Crippen molar-refractivity contribution in [2.24, 2.45) is 11.7 Å². The maximum Gasteiger partial charge on any atom is 0.00672 e. The number of aryl methyl sites for hydroxylation is 1. The van der Waals surface area contributed by atoms with Crippen LogP contribution in [0.2, 0.25) is 0 Å². The Labute approximate surface area is 86.3 Å². The smallest absolute Gasteiger partial charge is 0.00672 e. The molecule has 1 saturated carbocycles. The summed E-state index contributed by atoms with van der Waals surface area (Å²) in [5, 5.41) is 0. The molecule has 0 bridgehead atoms. The van der Waals surface area contributed by atoms with Gasteiger partial charge < -0.3 is 5.73 Å². The van der Waals surface area contributed by atoms with E-state index in [2.05, 4.69) is 30.3 Å². The van der Waals surface area contributed by atoms with E-state index in [0.717, 1.165) is 5.92 Å². The van der Waals surface area contributed by atoms with E-state index in [9.17, 15) is 0 Å². The zero-order chi connectivity index (χ0) is 9.80. The van der Waals surface area contributed by atoms with Gasteiger partial charge in [-0.2, -0.15) is 0 Å². The van der Waals surface area contributed by atoms with Gasteiger partial charge >= 0.3 is 0 Å². The van der Waals surface area contributed by atoms with Crippen molar-refractivity contribution in [1.29, 1.82) is 0 Å². The van der Waals surface area contributed by atoms with Crippen molar-refractivity contribution in [3.8, 4) is 0 Å². The van der Waals surface area contributed by atoms with Gasteiger partial charge in [-0.05, 0) is 37.2 Å². The summed E-state index contributed by atoms with van der Waals surface area (Å²) >= 11 is 0. The van der Waals surface area contributed by atoms with Crippen LogP contribution in [0.3, 0.4) is 0 Å². The Morgan fingerprint density at radius 3 is 2.57 bits per heavy atom. The van der Waals surface area contributed by atoms with Crippen LogP contribution < -0.4 is 5.73 Å². The molecule has 1 aromatic rings. The van der Waals surface area contributed by atoms with Crippen LogP contribution in [0.15, 0.2) is 30.3 Å². The molecule has 0 unspecified atom stereocenters. The van der Waals surface area contributed by atoms with E-state index in [-0.39, 0.29) is 0 Å². The molecule has 0 amide bonds. The number of rotatable bonds is 3. The topological polar surface area (TPSA) is 26.0 Å². The fraction of sp³-hybridized carbons (Fsp3) is 0.538. The SMILES string of the molecule is N[C@H]1CCC[C@H]1CCc1ccccc1. The number of hydrogen-bond donors (Lipinski definition) is 1. The summed E-state index contributed by atoms with van der Waals surface area (Å²) < 4.78 is 0.